The zero-order valence-corrected chi connectivity index (χ0v) is 12.6. The molecule has 1 aliphatic heterocycles. The van der Waals surface area contributed by atoms with E-state index in [1.165, 1.54) is 0 Å². The zero-order chi connectivity index (χ0) is 13.7. The van der Waals surface area contributed by atoms with Crippen LogP contribution in [0.2, 0.25) is 0 Å². The molecule has 2 rings (SSSR count). The summed E-state index contributed by atoms with van der Waals surface area (Å²) in [5.41, 5.74) is 0. The molecule has 1 amide bonds. The van der Waals surface area contributed by atoms with E-state index in [9.17, 15) is 4.79 Å². The number of benzene rings is 1. The van der Waals surface area contributed by atoms with Crippen molar-refractivity contribution in [2.45, 2.75) is 25.9 Å². The largest absolute Gasteiger partial charge is 0.487 e. The predicted octanol–water partition coefficient (Wildman–Crippen LogP) is 3.45. The number of nitrogens with zero attached hydrogens (tertiary/aromatic N) is 1. The normalized spacial score (nSPS) is 14.9. The fourth-order valence-corrected chi connectivity index (χ4v) is 2.03. The molecule has 4 nitrogen and oxygen atoms in total. The molecule has 0 radical (unpaired) electrons. The SMILES string of the molecule is CCCCOC(=O)N1CC(Oc2ccc(Br)cc2)C1. The van der Waals surface area contributed by atoms with Gasteiger partial charge in [-0.05, 0) is 30.7 Å². The number of hydrogen-bond acceptors (Lipinski definition) is 3. The maximum atomic E-state index is 11.6. The maximum Gasteiger partial charge on any atom is 0.410 e. The van der Waals surface area contributed by atoms with Gasteiger partial charge in [-0.25, -0.2) is 4.79 Å². The molecule has 1 aromatic carbocycles. The van der Waals surface area contributed by atoms with E-state index in [-0.39, 0.29) is 12.2 Å². The Kier molecular flexibility index (Phi) is 5.07. The lowest BCUT2D eigenvalue weighted by atomic mass is 10.2. The summed E-state index contributed by atoms with van der Waals surface area (Å²) < 4.78 is 11.9. The van der Waals surface area contributed by atoms with Crippen LogP contribution < -0.4 is 4.74 Å². The van der Waals surface area contributed by atoms with Crippen molar-refractivity contribution in [2.75, 3.05) is 19.7 Å². The summed E-state index contributed by atoms with van der Waals surface area (Å²) in [5, 5.41) is 0. The average Bonchev–Trinajstić information content (AvgIpc) is 2.35. The van der Waals surface area contributed by atoms with Gasteiger partial charge < -0.3 is 14.4 Å². The second-order valence-electron chi connectivity index (χ2n) is 4.57. The molecule has 0 aliphatic carbocycles. The van der Waals surface area contributed by atoms with Gasteiger partial charge in [0, 0.05) is 4.47 Å². The van der Waals surface area contributed by atoms with Gasteiger partial charge in [0.25, 0.3) is 0 Å². The van der Waals surface area contributed by atoms with Crippen LogP contribution in [0.15, 0.2) is 28.7 Å². The Morgan fingerprint density at radius 2 is 2.05 bits per heavy atom. The summed E-state index contributed by atoms with van der Waals surface area (Å²) in [5.74, 6) is 0.826. The predicted molar refractivity (Wildman–Crippen MR) is 76.4 cm³/mol. The lowest BCUT2D eigenvalue weighted by Crippen LogP contribution is -2.56. The first kappa shape index (κ1) is 14.2. The minimum absolute atomic E-state index is 0.0694. The first-order valence-corrected chi connectivity index (χ1v) is 7.32. The molecule has 1 saturated heterocycles. The van der Waals surface area contributed by atoms with Gasteiger partial charge in [-0.3, -0.25) is 0 Å². The number of amides is 1. The van der Waals surface area contributed by atoms with Crippen LogP contribution in [-0.4, -0.2) is 36.8 Å². The number of halogens is 1. The summed E-state index contributed by atoms with van der Waals surface area (Å²) in [4.78, 5) is 13.3. The molecule has 104 valence electrons. The van der Waals surface area contributed by atoms with Crippen LogP contribution in [0.4, 0.5) is 4.79 Å². The summed E-state index contributed by atoms with van der Waals surface area (Å²) in [6.45, 7) is 3.77. The molecule has 1 aliphatic rings. The van der Waals surface area contributed by atoms with Gasteiger partial charge in [-0.1, -0.05) is 29.3 Å². The molecule has 1 fully saturated rings. The Labute approximate surface area is 121 Å². The first-order valence-electron chi connectivity index (χ1n) is 6.53. The fourth-order valence-electron chi connectivity index (χ4n) is 1.76. The quantitative estimate of drug-likeness (QED) is 0.777. The van der Waals surface area contributed by atoms with Crippen molar-refractivity contribution in [3.8, 4) is 5.75 Å². The van der Waals surface area contributed by atoms with Crippen molar-refractivity contribution < 1.29 is 14.3 Å². The van der Waals surface area contributed by atoms with Gasteiger partial charge in [0.15, 0.2) is 0 Å². The molecule has 0 atom stereocenters. The maximum absolute atomic E-state index is 11.6. The first-order chi connectivity index (χ1) is 9.19. The van der Waals surface area contributed by atoms with Crippen LogP contribution >= 0.6 is 15.9 Å². The van der Waals surface area contributed by atoms with Gasteiger partial charge in [-0.15, -0.1) is 0 Å². The van der Waals surface area contributed by atoms with Crippen molar-refractivity contribution >= 4 is 22.0 Å². The van der Waals surface area contributed by atoms with E-state index >= 15 is 0 Å². The third-order valence-electron chi connectivity index (χ3n) is 2.95. The lowest BCUT2D eigenvalue weighted by Gasteiger charge is -2.37. The van der Waals surface area contributed by atoms with E-state index in [0.717, 1.165) is 23.1 Å². The van der Waals surface area contributed by atoms with Crippen molar-refractivity contribution in [3.05, 3.63) is 28.7 Å². The van der Waals surface area contributed by atoms with Crippen molar-refractivity contribution in [2.24, 2.45) is 0 Å². The van der Waals surface area contributed by atoms with Crippen molar-refractivity contribution in [1.82, 2.24) is 4.90 Å². The second kappa shape index (κ2) is 6.80. The Balaban J connectivity index is 1.68. The minimum atomic E-state index is -0.232. The molecule has 5 heteroatoms. The Bertz CT molecular complexity index is 415. The smallest absolute Gasteiger partial charge is 0.410 e. The highest BCUT2D eigenvalue weighted by atomic mass is 79.9. The summed E-state index contributed by atoms with van der Waals surface area (Å²) in [6, 6.07) is 7.69. The molecule has 19 heavy (non-hydrogen) atoms. The molecular weight excluding hydrogens is 310 g/mol. The van der Waals surface area contributed by atoms with Gasteiger partial charge in [0.2, 0.25) is 0 Å². The van der Waals surface area contributed by atoms with E-state index in [1.54, 1.807) is 4.90 Å². The van der Waals surface area contributed by atoms with E-state index in [4.69, 9.17) is 9.47 Å². The molecule has 0 bridgehead atoms. The zero-order valence-electron chi connectivity index (χ0n) is 11.0. The molecule has 0 aromatic heterocycles. The number of unbranched alkanes of at least 4 members (excludes halogenated alkanes) is 1. The van der Waals surface area contributed by atoms with Crippen LogP contribution in [0, 0.1) is 0 Å². The van der Waals surface area contributed by atoms with Crippen LogP contribution in [-0.2, 0) is 4.74 Å². The van der Waals surface area contributed by atoms with Crippen molar-refractivity contribution in [3.63, 3.8) is 0 Å². The second-order valence-corrected chi connectivity index (χ2v) is 5.48. The van der Waals surface area contributed by atoms with E-state index in [0.29, 0.717) is 19.7 Å². The number of carbonyl (C=O) groups is 1. The molecule has 0 saturated carbocycles. The Morgan fingerprint density at radius 1 is 1.37 bits per heavy atom. The number of ether oxygens (including phenoxy) is 2. The van der Waals surface area contributed by atoms with Crippen LogP contribution in [0.1, 0.15) is 19.8 Å². The monoisotopic (exact) mass is 327 g/mol. The highest BCUT2D eigenvalue weighted by Gasteiger charge is 2.33. The lowest BCUT2D eigenvalue weighted by molar-refractivity contribution is 0.0109. The molecule has 0 spiro atoms. The number of hydrogen-bond donors (Lipinski definition) is 0. The average molecular weight is 328 g/mol. The van der Waals surface area contributed by atoms with Crippen LogP contribution in [0.3, 0.4) is 0 Å². The van der Waals surface area contributed by atoms with Crippen molar-refractivity contribution in [1.29, 1.82) is 0 Å². The number of rotatable bonds is 5. The third kappa shape index (κ3) is 4.13. The van der Waals surface area contributed by atoms with Crippen LogP contribution in [0.5, 0.6) is 5.75 Å². The highest BCUT2D eigenvalue weighted by molar-refractivity contribution is 9.10. The summed E-state index contributed by atoms with van der Waals surface area (Å²) in [6.07, 6.45) is 1.78. The highest BCUT2D eigenvalue weighted by Crippen LogP contribution is 2.21. The fraction of sp³-hybridized carbons (Fsp3) is 0.500. The summed E-state index contributed by atoms with van der Waals surface area (Å²) >= 11 is 3.38. The van der Waals surface area contributed by atoms with Gasteiger partial charge in [0.1, 0.15) is 11.9 Å². The molecule has 0 unspecified atom stereocenters. The summed E-state index contributed by atoms with van der Waals surface area (Å²) in [7, 11) is 0. The number of likely N-dealkylation sites (tertiary alicyclic amines) is 1. The van der Waals surface area contributed by atoms with E-state index in [2.05, 4.69) is 22.9 Å². The third-order valence-corrected chi connectivity index (χ3v) is 3.47. The minimum Gasteiger partial charge on any atom is -0.487 e. The molecule has 1 heterocycles. The standard InChI is InChI=1S/C14H18BrNO3/c1-2-3-8-18-14(17)16-9-13(10-16)19-12-6-4-11(15)5-7-12/h4-7,13H,2-3,8-10H2,1H3. The van der Waals surface area contributed by atoms with Crippen LogP contribution in [0.25, 0.3) is 0 Å². The topological polar surface area (TPSA) is 38.8 Å². The van der Waals surface area contributed by atoms with E-state index < -0.39 is 0 Å². The van der Waals surface area contributed by atoms with Gasteiger partial charge in [0.05, 0.1) is 19.7 Å². The van der Waals surface area contributed by atoms with E-state index in [1.807, 2.05) is 24.3 Å². The van der Waals surface area contributed by atoms with Gasteiger partial charge in [-0.2, -0.15) is 0 Å². The molecular formula is C14H18BrNO3. The van der Waals surface area contributed by atoms with Gasteiger partial charge >= 0.3 is 6.09 Å². The molecule has 1 aromatic rings. The molecule has 0 N–H and O–H groups in total. The number of carbonyl (C=O) groups excluding carboxylic acids is 1. The Hall–Kier alpha value is -1.23. The Morgan fingerprint density at radius 3 is 2.68 bits per heavy atom.